The van der Waals surface area contributed by atoms with Crippen LogP contribution in [0, 0.1) is 10.8 Å². The molecule has 4 heterocycles. The van der Waals surface area contributed by atoms with E-state index in [0.717, 1.165) is 0 Å². The minimum absolute atomic E-state index is 0.152. The van der Waals surface area contributed by atoms with Gasteiger partial charge in [-0.2, -0.15) is 47.6 Å². The van der Waals surface area contributed by atoms with Gasteiger partial charge in [-0.05, 0) is 70.6 Å². The molecule has 56 heavy (non-hydrogen) atoms. The van der Waals surface area contributed by atoms with E-state index < -0.39 is 86.8 Å². The summed E-state index contributed by atoms with van der Waals surface area (Å²) >= 11 is 0. The summed E-state index contributed by atoms with van der Waals surface area (Å²) in [5, 5.41) is 12.0. The van der Waals surface area contributed by atoms with Gasteiger partial charge in [-0.1, -0.05) is 55.4 Å². The molecule has 306 valence electrons. The first-order chi connectivity index (χ1) is 25.3. The molecule has 0 spiro atoms. The number of halogens is 6. The predicted molar refractivity (Wildman–Crippen MR) is 200 cm³/mol. The molecule has 0 unspecified atom stereocenters. The summed E-state index contributed by atoms with van der Waals surface area (Å²) in [4.78, 5) is 18.6. The Hall–Kier alpha value is -3.80. The van der Waals surface area contributed by atoms with Crippen molar-refractivity contribution < 1.29 is 53.1 Å². The summed E-state index contributed by atoms with van der Waals surface area (Å²) < 4.78 is 141. The molecule has 6 aliphatic rings. The van der Waals surface area contributed by atoms with E-state index in [-0.39, 0.29) is 22.3 Å². The van der Waals surface area contributed by atoms with Gasteiger partial charge in [0.05, 0.1) is 22.5 Å². The van der Waals surface area contributed by atoms with Crippen molar-refractivity contribution in [1.29, 1.82) is 0 Å². The molecule has 1 aromatic carbocycles. The second-order valence-corrected chi connectivity index (χ2v) is 21.4. The molecule has 1 saturated heterocycles. The van der Waals surface area contributed by atoms with Crippen LogP contribution in [0.5, 0.6) is 0 Å². The zero-order valence-electron chi connectivity index (χ0n) is 32.2. The lowest BCUT2D eigenvalue weighted by atomic mass is 9.62. The Morgan fingerprint density at radius 3 is 1.84 bits per heavy atom. The van der Waals surface area contributed by atoms with Gasteiger partial charge in [0, 0.05) is 59.8 Å². The molecular weight excluding hydrogens is 787 g/mol. The average Bonchev–Trinajstić information content (AvgIpc) is 3.03. The minimum atomic E-state index is -6.21. The highest BCUT2D eigenvalue weighted by atomic mass is 32.2. The van der Waals surface area contributed by atoms with E-state index in [4.69, 9.17) is 0 Å². The van der Waals surface area contributed by atoms with Crippen molar-refractivity contribution in [3.05, 3.63) is 62.6 Å². The first kappa shape index (κ1) is 40.4. The number of aliphatic hydroxyl groups is 1. The Morgan fingerprint density at radius 2 is 1.29 bits per heavy atom. The number of hydrogen-bond donors (Lipinski definition) is 2. The summed E-state index contributed by atoms with van der Waals surface area (Å²) in [6.45, 7) is 16.6. The third-order valence-electron chi connectivity index (χ3n) is 12.6. The molecule has 0 radical (unpaired) electrons. The van der Waals surface area contributed by atoms with Gasteiger partial charge in [0.15, 0.2) is 0 Å². The number of hydrogen-bond acceptors (Lipinski definition) is 8. The molecule has 1 aromatic rings. The molecule has 10 nitrogen and oxygen atoms in total. The van der Waals surface area contributed by atoms with Crippen LogP contribution in [0.1, 0.15) is 97.8 Å². The van der Waals surface area contributed by atoms with Gasteiger partial charge in [0.2, 0.25) is 5.78 Å². The van der Waals surface area contributed by atoms with Crippen LogP contribution in [0.15, 0.2) is 50.3 Å². The second-order valence-electron chi connectivity index (χ2n) is 18.1. The van der Waals surface area contributed by atoms with Gasteiger partial charge in [-0.3, -0.25) is 9.52 Å². The van der Waals surface area contributed by atoms with Crippen LogP contribution in [0.3, 0.4) is 0 Å². The smallest absolute Gasteiger partial charge is 0.506 e. The van der Waals surface area contributed by atoms with Crippen molar-refractivity contribution in [2.45, 2.75) is 103 Å². The fourth-order valence-corrected chi connectivity index (χ4v) is 10.2. The molecular formula is C38H44F6N4O6S2. The summed E-state index contributed by atoms with van der Waals surface area (Å²) in [6, 6.07) is 1.40. The van der Waals surface area contributed by atoms with Crippen molar-refractivity contribution in [2.75, 3.05) is 35.8 Å². The molecule has 7 rings (SSSR count). The number of ketones is 1. The van der Waals surface area contributed by atoms with E-state index in [1.54, 1.807) is 32.4 Å². The number of benzene rings is 1. The molecule has 0 aromatic heterocycles. The largest absolute Gasteiger partial charge is 0.518 e. The maximum absolute atomic E-state index is 14.7. The van der Waals surface area contributed by atoms with E-state index in [1.807, 2.05) is 37.5 Å². The highest BCUT2D eigenvalue weighted by molar-refractivity contribution is 7.93. The van der Waals surface area contributed by atoms with E-state index >= 15 is 0 Å². The summed E-state index contributed by atoms with van der Waals surface area (Å²) in [6.07, 6.45) is 3.36. The fourth-order valence-electron chi connectivity index (χ4n) is 9.03. The van der Waals surface area contributed by atoms with E-state index in [0.29, 0.717) is 74.4 Å². The number of piperidine rings is 1. The van der Waals surface area contributed by atoms with Gasteiger partial charge in [0.1, 0.15) is 5.76 Å². The van der Waals surface area contributed by atoms with Crippen LogP contribution in [-0.4, -0.2) is 75.5 Å². The monoisotopic (exact) mass is 830 g/mol. The van der Waals surface area contributed by atoms with Gasteiger partial charge < -0.3 is 14.9 Å². The van der Waals surface area contributed by atoms with Crippen LogP contribution >= 0.6 is 0 Å². The predicted octanol–water partition coefficient (Wildman–Crippen LogP) is 7.91. The van der Waals surface area contributed by atoms with Gasteiger partial charge in [-0.15, -0.1) is 0 Å². The molecule has 1 fully saturated rings. The minimum Gasteiger partial charge on any atom is -0.506 e. The van der Waals surface area contributed by atoms with Gasteiger partial charge in [0.25, 0.3) is 0 Å². The number of anilines is 2. The van der Waals surface area contributed by atoms with Crippen LogP contribution in [0.2, 0.25) is 0 Å². The number of Topliss-reactive ketones (excluding diaryl/α,β-unsaturated/α-hetero) is 1. The van der Waals surface area contributed by atoms with Crippen molar-refractivity contribution in [3.63, 3.8) is 0 Å². The van der Waals surface area contributed by atoms with Crippen LogP contribution in [0.25, 0.3) is 5.57 Å². The third kappa shape index (κ3) is 5.84. The lowest BCUT2D eigenvalue weighted by Gasteiger charge is -2.52. The van der Waals surface area contributed by atoms with Crippen molar-refractivity contribution >= 4 is 48.5 Å². The van der Waals surface area contributed by atoms with E-state index in [9.17, 15) is 53.1 Å². The first-order valence-corrected chi connectivity index (χ1v) is 21.2. The lowest BCUT2D eigenvalue weighted by Crippen LogP contribution is -2.48. The number of carbonyl (C=O) groups is 1. The highest BCUT2D eigenvalue weighted by Gasteiger charge is 2.54. The molecule has 0 saturated carbocycles. The number of rotatable bonds is 4. The SMILES string of the molecule is CC1(C)CCN2CCC(C)(C)C3=C2C1=CC(=C1C(=O)C(c2cc4c5c(c2NS(=O)(=O)C(F)(F)F)C(C)(C)CCN5CCC4(C)C)=C1O)C3=NS(=O)(=O)C(F)(F)F. The number of nitrogens with zero attached hydrogens (tertiary/aromatic N) is 3. The van der Waals surface area contributed by atoms with Crippen LogP contribution < -0.4 is 9.62 Å². The van der Waals surface area contributed by atoms with Crippen molar-refractivity contribution in [3.8, 4) is 0 Å². The molecule has 0 bridgehead atoms. The number of nitrogens with one attached hydrogen (secondary N) is 1. The maximum Gasteiger partial charge on any atom is 0.518 e. The topological polar surface area (TPSA) is 136 Å². The third-order valence-corrected chi connectivity index (χ3v) is 14.6. The second kappa shape index (κ2) is 11.9. The zero-order chi connectivity index (χ0) is 41.7. The molecule has 2 N–H and O–H groups in total. The Labute approximate surface area is 322 Å². The summed E-state index contributed by atoms with van der Waals surface area (Å²) in [5.74, 6) is -1.88. The number of alkyl halides is 6. The Kier molecular flexibility index (Phi) is 8.57. The van der Waals surface area contributed by atoms with Gasteiger partial charge in [-0.25, -0.2) is 0 Å². The lowest BCUT2D eigenvalue weighted by molar-refractivity contribution is -0.111. The van der Waals surface area contributed by atoms with Crippen LogP contribution in [0.4, 0.5) is 37.7 Å². The zero-order valence-corrected chi connectivity index (χ0v) is 33.9. The maximum atomic E-state index is 14.7. The molecule has 2 aliphatic carbocycles. The Balaban J connectivity index is 1.58. The molecule has 18 heteroatoms. The fraction of sp³-hybridized carbons (Fsp3) is 0.579. The highest BCUT2D eigenvalue weighted by Crippen LogP contribution is 2.58. The molecule has 4 aliphatic heterocycles. The number of carbonyl (C=O) groups excluding carboxylic acids is 1. The Morgan fingerprint density at radius 1 is 0.750 bits per heavy atom. The average molecular weight is 831 g/mol. The summed E-state index contributed by atoms with van der Waals surface area (Å²) in [7, 11) is -12.3. The van der Waals surface area contributed by atoms with Gasteiger partial charge >= 0.3 is 31.1 Å². The van der Waals surface area contributed by atoms with Crippen molar-refractivity contribution in [1.82, 2.24) is 4.90 Å². The van der Waals surface area contributed by atoms with Crippen LogP contribution in [-0.2, 0) is 35.7 Å². The van der Waals surface area contributed by atoms with Crippen molar-refractivity contribution in [2.24, 2.45) is 15.2 Å². The summed E-state index contributed by atoms with van der Waals surface area (Å²) in [5.41, 5.74) is -15.3. The normalized spacial score (nSPS) is 26.1. The van der Waals surface area contributed by atoms with E-state index in [2.05, 4.69) is 4.40 Å². The van der Waals surface area contributed by atoms with E-state index in [1.165, 1.54) is 12.1 Å². The first-order valence-electron chi connectivity index (χ1n) is 18.3. The quantitative estimate of drug-likeness (QED) is 0.231. The molecule has 0 amide bonds. The molecule has 0 atom stereocenters. The number of aliphatic hydroxyl groups excluding tert-OH is 1. The standard InChI is InChI=1S/C38H44F6N4O6S2/c1-33(2)9-13-47-15-11-35(5,6)25-27(45-55(51,52)37(39,40)41)19(17-21(33)29(25)47)23-31(49)24(32(23)50)20-18-22-30-26(28(20)46-56(53,54)38(42,43)44)36(7,8)12-16-48(30)14-10-34(22,3)4/h17-18,45,49H,9-16H2,1-8H3. The Bertz CT molecular complexity index is 2400. The number of allylic oxidation sites excluding steroid dienone is 6. The number of sulfonamides is 2.